The van der Waals surface area contributed by atoms with Crippen molar-refractivity contribution in [1.82, 2.24) is 19.7 Å². The van der Waals surface area contributed by atoms with Crippen molar-refractivity contribution in [2.45, 2.75) is 0 Å². The summed E-state index contributed by atoms with van der Waals surface area (Å²) in [5.74, 6) is 0.715. The predicted octanol–water partition coefficient (Wildman–Crippen LogP) is 2.03. The van der Waals surface area contributed by atoms with Crippen molar-refractivity contribution in [2.24, 2.45) is 7.05 Å². The molecule has 16 heavy (non-hydrogen) atoms. The second-order valence-electron chi connectivity index (χ2n) is 3.66. The van der Waals surface area contributed by atoms with Crippen molar-refractivity contribution < 1.29 is 0 Å². The van der Waals surface area contributed by atoms with Crippen molar-refractivity contribution in [3.8, 4) is 11.4 Å². The largest absolute Gasteiger partial charge is 0.275 e. The van der Waals surface area contributed by atoms with E-state index in [-0.39, 0.29) is 0 Å². The number of fused-ring (bicyclic) bond motifs is 1. The fourth-order valence-electron chi connectivity index (χ4n) is 1.65. The number of nitrogens with zero attached hydrogens (tertiary/aromatic N) is 4. The van der Waals surface area contributed by atoms with Crippen LogP contribution in [0, 0.1) is 0 Å². The van der Waals surface area contributed by atoms with E-state index >= 15 is 0 Å². The van der Waals surface area contributed by atoms with E-state index in [1.165, 1.54) is 0 Å². The Bertz CT molecular complexity index is 642. The Hall–Kier alpha value is -2.23. The number of aromatic nitrogens is 4. The van der Waals surface area contributed by atoms with Crippen LogP contribution >= 0.6 is 0 Å². The van der Waals surface area contributed by atoms with E-state index in [0.717, 1.165) is 16.5 Å². The van der Waals surface area contributed by atoms with Crippen LogP contribution in [-0.2, 0) is 7.05 Å². The lowest BCUT2D eigenvalue weighted by Crippen LogP contribution is -1.88. The van der Waals surface area contributed by atoms with Crippen LogP contribution in [0.25, 0.3) is 22.3 Å². The standard InChI is InChI=1S/C12H10N4/c1-16-8-10(7-14-16)12-13-6-9-4-2-3-5-11(9)15-12/h2-8H,1H3. The predicted molar refractivity (Wildman–Crippen MR) is 61.7 cm³/mol. The van der Waals surface area contributed by atoms with Gasteiger partial charge in [0.2, 0.25) is 0 Å². The highest BCUT2D eigenvalue weighted by Crippen LogP contribution is 2.16. The minimum absolute atomic E-state index is 0.715. The van der Waals surface area contributed by atoms with Gasteiger partial charge in [0.1, 0.15) is 0 Å². The quantitative estimate of drug-likeness (QED) is 0.617. The Morgan fingerprint density at radius 2 is 2.00 bits per heavy atom. The summed E-state index contributed by atoms with van der Waals surface area (Å²) < 4.78 is 1.74. The third-order valence-corrected chi connectivity index (χ3v) is 2.45. The second-order valence-corrected chi connectivity index (χ2v) is 3.66. The highest BCUT2D eigenvalue weighted by molar-refractivity contribution is 5.79. The molecule has 2 aromatic heterocycles. The van der Waals surface area contributed by atoms with Gasteiger partial charge < -0.3 is 0 Å². The van der Waals surface area contributed by atoms with Crippen LogP contribution in [0.2, 0.25) is 0 Å². The highest BCUT2D eigenvalue weighted by atomic mass is 15.2. The van der Waals surface area contributed by atoms with Crippen LogP contribution in [0.5, 0.6) is 0 Å². The SMILES string of the molecule is Cn1cc(-c2ncc3ccccc3n2)cn1. The summed E-state index contributed by atoms with van der Waals surface area (Å²) in [6, 6.07) is 7.94. The molecule has 0 fully saturated rings. The first-order chi connectivity index (χ1) is 7.83. The molecule has 0 aliphatic heterocycles. The zero-order valence-corrected chi connectivity index (χ0v) is 8.83. The van der Waals surface area contributed by atoms with E-state index in [1.54, 1.807) is 10.9 Å². The lowest BCUT2D eigenvalue weighted by molar-refractivity contribution is 0.768. The van der Waals surface area contributed by atoms with E-state index in [4.69, 9.17) is 0 Å². The van der Waals surface area contributed by atoms with Gasteiger partial charge in [0, 0.05) is 24.8 Å². The summed E-state index contributed by atoms with van der Waals surface area (Å²) in [5.41, 5.74) is 1.89. The summed E-state index contributed by atoms with van der Waals surface area (Å²) in [7, 11) is 1.88. The van der Waals surface area contributed by atoms with Crippen molar-refractivity contribution in [2.75, 3.05) is 0 Å². The smallest absolute Gasteiger partial charge is 0.162 e. The maximum absolute atomic E-state index is 4.49. The maximum Gasteiger partial charge on any atom is 0.162 e. The summed E-state index contributed by atoms with van der Waals surface area (Å²) >= 11 is 0. The Morgan fingerprint density at radius 1 is 1.12 bits per heavy atom. The van der Waals surface area contributed by atoms with Gasteiger partial charge in [-0.05, 0) is 6.07 Å². The Balaban J connectivity index is 2.18. The Morgan fingerprint density at radius 3 is 2.81 bits per heavy atom. The Kier molecular flexibility index (Phi) is 1.93. The highest BCUT2D eigenvalue weighted by Gasteiger charge is 2.04. The van der Waals surface area contributed by atoms with Crippen molar-refractivity contribution in [1.29, 1.82) is 0 Å². The molecule has 0 radical (unpaired) electrons. The summed E-state index contributed by atoms with van der Waals surface area (Å²) in [4.78, 5) is 8.82. The Labute approximate surface area is 92.6 Å². The molecule has 0 saturated carbocycles. The van der Waals surface area contributed by atoms with Gasteiger partial charge in [0.15, 0.2) is 5.82 Å². The molecule has 0 spiro atoms. The minimum Gasteiger partial charge on any atom is -0.275 e. The van der Waals surface area contributed by atoms with Gasteiger partial charge in [0.25, 0.3) is 0 Å². The van der Waals surface area contributed by atoms with Crippen molar-refractivity contribution in [3.05, 3.63) is 42.9 Å². The van der Waals surface area contributed by atoms with Crippen LogP contribution in [0.3, 0.4) is 0 Å². The van der Waals surface area contributed by atoms with Gasteiger partial charge in [-0.15, -0.1) is 0 Å². The molecule has 78 valence electrons. The summed E-state index contributed by atoms with van der Waals surface area (Å²) in [5, 5.41) is 5.16. The first kappa shape index (κ1) is 9.03. The van der Waals surface area contributed by atoms with Gasteiger partial charge in [0.05, 0.1) is 17.3 Å². The molecule has 0 N–H and O–H groups in total. The lowest BCUT2D eigenvalue weighted by Gasteiger charge is -1.98. The van der Waals surface area contributed by atoms with Crippen LogP contribution in [-0.4, -0.2) is 19.7 Å². The zero-order chi connectivity index (χ0) is 11.0. The van der Waals surface area contributed by atoms with Crippen molar-refractivity contribution in [3.63, 3.8) is 0 Å². The molecular formula is C12H10N4. The van der Waals surface area contributed by atoms with Gasteiger partial charge in [-0.1, -0.05) is 18.2 Å². The molecule has 0 atom stereocenters. The van der Waals surface area contributed by atoms with Gasteiger partial charge in [-0.3, -0.25) is 4.68 Å². The van der Waals surface area contributed by atoms with E-state index in [2.05, 4.69) is 15.1 Å². The normalized spacial score (nSPS) is 10.8. The molecule has 3 aromatic rings. The molecular weight excluding hydrogens is 200 g/mol. The first-order valence-corrected chi connectivity index (χ1v) is 5.04. The molecule has 4 heteroatoms. The first-order valence-electron chi connectivity index (χ1n) is 5.04. The molecule has 0 unspecified atom stereocenters. The van der Waals surface area contributed by atoms with Crippen LogP contribution in [0.4, 0.5) is 0 Å². The topological polar surface area (TPSA) is 43.6 Å². The number of hydrogen-bond donors (Lipinski definition) is 0. The summed E-state index contributed by atoms with van der Waals surface area (Å²) in [6.07, 6.45) is 5.51. The van der Waals surface area contributed by atoms with E-state index in [0.29, 0.717) is 5.82 Å². The molecule has 2 heterocycles. The molecule has 1 aromatic carbocycles. The molecule has 4 nitrogen and oxygen atoms in total. The average molecular weight is 210 g/mol. The monoisotopic (exact) mass is 210 g/mol. The third-order valence-electron chi connectivity index (χ3n) is 2.45. The number of rotatable bonds is 1. The molecule has 0 bridgehead atoms. The minimum atomic E-state index is 0.715. The fraction of sp³-hybridized carbons (Fsp3) is 0.0833. The number of para-hydroxylation sites is 1. The second kappa shape index (κ2) is 3.41. The number of hydrogen-bond acceptors (Lipinski definition) is 3. The molecule has 3 rings (SSSR count). The molecule has 0 aliphatic rings. The van der Waals surface area contributed by atoms with Gasteiger partial charge in [-0.2, -0.15) is 5.10 Å². The van der Waals surface area contributed by atoms with E-state index in [9.17, 15) is 0 Å². The van der Waals surface area contributed by atoms with Crippen LogP contribution < -0.4 is 0 Å². The maximum atomic E-state index is 4.49. The average Bonchev–Trinajstić information content (AvgIpc) is 2.75. The lowest BCUT2D eigenvalue weighted by atomic mass is 10.2. The summed E-state index contributed by atoms with van der Waals surface area (Å²) in [6.45, 7) is 0. The molecule has 0 amide bonds. The van der Waals surface area contributed by atoms with Crippen LogP contribution in [0.15, 0.2) is 42.9 Å². The molecule has 0 saturated heterocycles. The van der Waals surface area contributed by atoms with Crippen molar-refractivity contribution >= 4 is 10.9 Å². The third kappa shape index (κ3) is 1.44. The zero-order valence-electron chi connectivity index (χ0n) is 8.83. The fourth-order valence-corrected chi connectivity index (χ4v) is 1.65. The van der Waals surface area contributed by atoms with Gasteiger partial charge in [-0.25, -0.2) is 9.97 Å². The number of aryl methyl sites for hydroxylation is 1. The number of benzene rings is 1. The molecule has 0 aliphatic carbocycles. The van der Waals surface area contributed by atoms with Crippen LogP contribution in [0.1, 0.15) is 0 Å². The van der Waals surface area contributed by atoms with Gasteiger partial charge >= 0.3 is 0 Å². The van der Waals surface area contributed by atoms with E-state index in [1.807, 2.05) is 43.7 Å². The van der Waals surface area contributed by atoms with E-state index < -0.39 is 0 Å².